The van der Waals surface area contributed by atoms with E-state index in [4.69, 9.17) is 24.7 Å². The highest BCUT2D eigenvalue weighted by Gasteiger charge is 2.51. The molecule has 2 heterocycles. The molecule has 1 aromatic carbocycles. The Morgan fingerprint density at radius 2 is 1.66 bits per heavy atom. The number of ether oxygens (including phenoxy) is 4. The van der Waals surface area contributed by atoms with E-state index in [0.29, 0.717) is 11.1 Å². The maximum Gasteiger partial charge on any atom is 0.351 e. The fourth-order valence-electron chi connectivity index (χ4n) is 3.42. The van der Waals surface area contributed by atoms with E-state index in [2.05, 4.69) is 4.98 Å². The molecule has 0 bridgehead atoms. The van der Waals surface area contributed by atoms with Crippen LogP contribution in [0.25, 0.3) is 11.1 Å². The predicted molar refractivity (Wildman–Crippen MR) is 110 cm³/mol. The van der Waals surface area contributed by atoms with Crippen molar-refractivity contribution in [2.75, 3.05) is 12.3 Å². The number of anilines is 1. The Labute approximate surface area is 183 Å². The summed E-state index contributed by atoms with van der Waals surface area (Å²) in [6.45, 7) is 3.26. The van der Waals surface area contributed by atoms with Gasteiger partial charge in [-0.1, -0.05) is 30.3 Å². The SMILES string of the molecule is CC(=O)OC[C@H]1O[C@@H](n2cc(-c3ccccc3)c(N)nc2=O)[C@H](OC(C)=O)[C@H]1OC(C)=O. The molecule has 1 aliphatic rings. The molecule has 11 heteroatoms. The number of nitrogen functional groups attached to an aromatic ring is 1. The van der Waals surface area contributed by atoms with Gasteiger partial charge >= 0.3 is 23.6 Å². The van der Waals surface area contributed by atoms with Gasteiger partial charge in [0.05, 0.1) is 0 Å². The van der Waals surface area contributed by atoms with Crippen molar-refractivity contribution in [3.63, 3.8) is 0 Å². The lowest BCUT2D eigenvalue weighted by Crippen LogP contribution is -2.42. The van der Waals surface area contributed by atoms with Crippen LogP contribution in [0.3, 0.4) is 0 Å². The van der Waals surface area contributed by atoms with Gasteiger partial charge in [-0.2, -0.15) is 4.98 Å². The quantitative estimate of drug-likeness (QED) is 0.500. The predicted octanol–water partition coefficient (Wildman–Crippen LogP) is 0.816. The third-order valence-electron chi connectivity index (χ3n) is 4.68. The van der Waals surface area contributed by atoms with Crippen LogP contribution in [0.2, 0.25) is 0 Å². The Balaban J connectivity index is 2.07. The van der Waals surface area contributed by atoms with Crippen molar-refractivity contribution in [3.8, 4) is 11.1 Å². The molecule has 0 aliphatic carbocycles. The number of carbonyl (C=O) groups is 3. The molecule has 0 radical (unpaired) electrons. The van der Waals surface area contributed by atoms with E-state index >= 15 is 0 Å². The van der Waals surface area contributed by atoms with Crippen molar-refractivity contribution in [2.24, 2.45) is 0 Å². The smallest absolute Gasteiger partial charge is 0.351 e. The molecule has 3 rings (SSSR count). The average molecular weight is 445 g/mol. The van der Waals surface area contributed by atoms with Gasteiger partial charge in [0.25, 0.3) is 0 Å². The summed E-state index contributed by atoms with van der Waals surface area (Å²) in [4.78, 5) is 51.3. The molecule has 0 spiro atoms. The maximum atomic E-state index is 12.7. The minimum atomic E-state index is -1.22. The normalized spacial score (nSPS) is 22.2. The standard InChI is InChI=1S/C21H23N3O8/c1-11(25)29-10-16-17(30-12(2)26)18(31-13(3)27)20(32-16)24-9-15(19(22)23-21(24)28)14-7-5-4-6-8-14/h4-9,16-18,20H,10H2,1-3H3,(H2,22,23,28)/t16-,17+,18-,20-/m1/s1. The number of aromatic nitrogens is 2. The van der Waals surface area contributed by atoms with Crippen molar-refractivity contribution < 1.29 is 33.3 Å². The monoisotopic (exact) mass is 445 g/mol. The topological polar surface area (TPSA) is 149 Å². The molecular formula is C21H23N3O8. The number of nitrogens with two attached hydrogens (primary N) is 1. The van der Waals surface area contributed by atoms with Crippen LogP contribution in [0.4, 0.5) is 5.82 Å². The fourth-order valence-corrected chi connectivity index (χ4v) is 3.42. The maximum absolute atomic E-state index is 12.7. The van der Waals surface area contributed by atoms with Crippen LogP contribution in [0.15, 0.2) is 41.3 Å². The molecule has 170 valence electrons. The minimum absolute atomic E-state index is 0.00693. The Hall–Kier alpha value is -3.73. The lowest BCUT2D eigenvalue weighted by molar-refractivity contribution is -0.166. The first-order valence-corrected chi connectivity index (χ1v) is 9.74. The second-order valence-electron chi connectivity index (χ2n) is 7.11. The average Bonchev–Trinajstić information content (AvgIpc) is 3.03. The first-order chi connectivity index (χ1) is 15.2. The number of esters is 3. The minimum Gasteiger partial charge on any atom is -0.463 e. The number of carbonyl (C=O) groups excluding carboxylic acids is 3. The molecule has 0 amide bonds. The number of nitrogens with zero attached hydrogens (tertiary/aromatic N) is 2. The van der Waals surface area contributed by atoms with Gasteiger partial charge in [0.2, 0.25) is 0 Å². The van der Waals surface area contributed by atoms with Crippen LogP contribution in [-0.2, 0) is 33.3 Å². The number of rotatable bonds is 6. The molecule has 11 nitrogen and oxygen atoms in total. The van der Waals surface area contributed by atoms with Crippen LogP contribution in [0.5, 0.6) is 0 Å². The third-order valence-corrected chi connectivity index (χ3v) is 4.68. The van der Waals surface area contributed by atoms with E-state index in [9.17, 15) is 19.2 Å². The summed E-state index contributed by atoms with van der Waals surface area (Å²) in [5.41, 5.74) is 6.34. The molecule has 1 aromatic heterocycles. The van der Waals surface area contributed by atoms with E-state index in [-0.39, 0.29) is 12.4 Å². The van der Waals surface area contributed by atoms with E-state index < -0.39 is 48.1 Å². The van der Waals surface area contributed by atoms with Crippen LogP contribution >= 0.6 is 0 Å². The van der Waals surface area contributed by atoms with Crippen molar-refractivity contribution in [1.29, 1.82) is 0 Å². The molecule has 1 saturated heterocycles. The summed E-state index contributed by atoms with van der Waals surface area (Å²) in [5, 5.41) is 0. The van der Waals surface area contributed by atoms with Crippen LogP contribution < -0.4 is 11.4 Å². The van der Waals surface area contributed by atoms with Gasteiger partial charge in [-0.3, -0.25) is 19.0 Å². The fraction of sp³-hybridized carbons (Fsp3) is 0.381. The lowest BCUT2D eigenvalue weighted by atomic mass is 10.1. The van der Waals surface area contributed by atoms with Crippen LogP contribution in [0.1, 0.15) is 27.0 Å². The van der Waals surface area contributed by atoms with Crippen LogP contribution in [0, 0.1) is 0 Å². The molecule has 2 aromatic rings. The summed E-state index contributed by atoms with van der Waals surface area (Å²) in [6, 6.07) is 8.98. The summed E-state index contributed by atoms with van der Waals surface area (Å²) < 4.78 is 22.7. The highest BCUT2D eigenvalue weighted by Crippen LogP contribution is 2.35. The van der Waals surface area contributed by atoms with Gasteiger partial charge in [-0.15, -0.1) is 0 Å². The molecule has 1 fully saturated rings. The van der Waals surface area contributed by atoms with E-state index in [1.165, 1.54) is 27.0 Å². The van der Waals surface area contributed by atoms with Crippen molar-refractivity contribution >= 4 is 23.7 Å². The number of hydrogen-bond donors (Lipinski definition) is 1. The van der Waals surface area contributed by atoms with E-state index in [0.717, 1.165) is 4.57 Å². The van der Waals surface area contributed by atoms with E-state index in [1.54, 1.807) is 24.3 Å². The summed E-state index contributed by atoms with van der Waals surface area (Å²) >= 11 is 0. The molecule has 2 N–H and O–H groups in total. The van der Waals surface area contributed by atoms with Gasteiger partial charge < -0.3 is 24.7 Å². The van der Waals surface area contributed by atoms with Gasteiger partial charge in [0.1, 0.15) is 18.5 Å². The highest BCUT2D eigenvalue weighted by molar-refractivity contribution is 5.72. The van der Waals surface area contributed by atoms with Crippen molar-refractivity contribution in [3.05, 3.63) is 47.0 Å². The Morgan fingerprint density at radius 1 is 1.03 bits per heavy atom. The summed E-state index contributed by atoms with van der Waals surface area (Å²) in [6.07, 6.45) is -3.12. The second kappa shape index (κ2) is 9.60. The zero-order chi connectivity index (χ0) is 23.4. The summed E-state index contributed by atoms with van der Waals surface area (Å²) in [7, 11) is 0. The van der Waals surface area contributed by atoms with Crippen LogP contribution in [-0.4, -0.2) is 52.4 Å². The Morgan fingerprint density at radius 3 is 2.25 bits per heavy atom. The highest BCUT2D eigenvalue weighted by atomic mass is 16.7. The zero-order valence-corrected chi connectivity index (χ0v) is 17.7. The molecule has 0 unspecified atom stereocenters. The molecule has 32 heavy (non-hydrogen) atoms. The van der Waals surface area contributed by atoms with Gasteiger partial charge in [-0.05, 0) is 5.56 Å². The largest absolute Gasteiger partial charge is 0.463 e. The Kier molecular flexibility index (Phi) is 6.89. The van der Waals surface area contributed by atoms with Gasteiger partial charge in [-0.25, -0.2) is 4.79 Å². The number of hydrogen-bond acceptors (Lipinski definition) is 10. The molecule has 0 saturated carbocycles. The third kappa shape index (κ3) is 5.11. The second-order valence-corrected chi connectivity index (χ2v) is 7.11. The zero-order valence-electron chi connectivity index (χ0n) is 17.7. The Bertz CT molecular complexity index is 1070. The summed E-state index contributed by atoms with van der Waals surface area (Å²) in [5.74, 6) is -1.93. The molecular weight excluding hydrogens is 422 g/mol. The van der Waals surface area contributed by atoms with Crippen molar-refractivity contribution in [2.45, 2.75) is 45.3 Å². The molecule has 1 aliphatic heterocycles. The molecule has 4 atom stereocenters. The van der Waals surface area contributed by atoms with E-state index in [1.807, 2.05) is 6.07 Å². The first-order valence-electron chi connectivity index (χ1n) is 9.74. The first kappa shape index (κ1) is 22.9. The van der Waals surface area contributed by atoms with Gasteiger partial charge in [0.15, 0.2) is 18.4 Å². The van der Waals surface area contributed by atoms with Crippen molar-refractivity contribution in [1.82, 2.24) is 9.55 Å². The lowest BCUT2D eigenvalue weighted by Gasteiger charge is -2.24. The van der Waals surface area contributed by atoms with Gasteiger partial charge in [0, 0.05) is 32.5 Å². The number of benzene rings is 1.